The summed E-state index contributed by atoms with van der Waals surface area (Å²) in [5, 5.41) is 2.69. The molecule has 0 saturated carbocycles. The van der Waals surface area contributed by atoms with E-state index in [1.807, 2.05) is 0 Å². The van der Waals surface area contributed by atoms with Crippen LogP contribution in [0.3, 0.4) is 0 Å². The van der Waals surface area contributed by atoms with Gasteiger partial charge in [-0.1, -0.05) is 27.7 Å². The molecular weight excluding hydrogens is 536 g/mol. The molecule has 1 aliphatic rings. The molecule has 1 rings (SSSR count). The zero-order valence-corrected chi connectivity index (χ0v) is 24.9. The first kappa shape index (κ1) is 34.7. The Morgan fingerprint density at radius 1 is 0.927 bits per heavy atom. The molecule has 0 aromatic rings. The van der Waals surface area contributed by atoms with Gasteiger partial charge in [-0.2, -0.15) is 0 Å². The van der Waals surface area contributed by atoms with E-state index in [1.54, 1.807) is 20.8 Å². The third-order valence-corrected chi connectivity index (χ3v) is 6.46. The number of carbonyl (C=O) groups is 6. The van der Waals surface area contributed by atoms with Gasteiger partial charge in [0.05, 0.1) is 52.3 Å². The normalized spacial score (nSPS) is 17.0. The van der Waals surface area contributed by atoms with Crippen LogP contribution in [-0.2, 0) is 47.7 Å². The van der Waals surface area contributed by atoms with Gasteiger partial charge in [0.1, 0.15) is 13.4 Å². The number of hydrogen-bond donors (Lipinski definition) is 1. The van der Waals surface area contributed by atoms with Gasteiger partial charge in [0.25, 0.3) is 0 Å². The van der Waals surface area contributed by atoms with Gasteiger partial charge in [-0.3, -0.25) is 28.9 Å². The van der Waals surface area contributed by atoms with E-state index >= 15 is 0 Å². The number of aldehydes is 1. The lowest BCUT2D eigenvalue weighted by molar-refractivity contribution is -0.139. The number of Topliss-reactive ketones (excluding diaryl/α,β-unsaturated/α-hetero) is 2. The average Bonchev–Trinajstić information content (AvgIpc) is 3.17. The molecule has 0 radical (unpaired) electrons. The summed E-state index contributed by atoms with van der Waals surface area (Å²) in [5.41, 5.74) is 0. The maximum absolute atomic E-state index is 12.4. The Bertz CT molecular complexity index is 898. The van der Waals surface area contributed by atoms with Crippen molar-refractivity contribution in [3.63, 3.8) is 0 Å². The first-order chi connectivity index (χ1) is 19.9. The summed E-state index contributed by atoms with van der Waals surface area (Å²) in [4.78, 5) is 72.4. The number of amides is 3. The quantitative estimate of drug-likeness (QED) is 0.0947. The van der Waals surface area contributed by atoms with Gasteiger partial charge in [0.15, 0.2) is 5.78 Å². The Morgan fingerprint density at radius 3 is 2.00 bits per heavy atom. The summed E-state index contributed by atoms with van der Waals surface area (Å²) in [5.74, 6) is -2.13. The van der Waals surface area contributed by atoms with Crippen LogP contribution in [-0.4, -0.2) is 106 Å². The molecule has 3 amide bonds. The Hall–Kier alpha value is -2.54. The highest BCUT2D eigenvalue weighted by Crippen LogP contribution is 2.19. The lowest BCUT2D eigenvalue weighted by atomic mass is 9.93. The van der Waals surface area contributed by atoms with Crippen LogP contribution in [0, 0.1) is 17.8 Å². The van der Waals surface area contributed by atoms with Gasteiger partial charge in [-0.25, -0.2) is 0 Å². The number of ketones is 2. The molecule has 0 aliphatic carbocycles. The number of hydrogen-bond acceptors (Lipinski definition) is 10. The van der Waals surface area contributed by atoms with Crippen molar-refractivity contribution in [1.29, 1.82) is 0 Å². The van der Waals surface area contributed by atoms with E-state index in [0.717, 1.165) is 0 Å². The minimum atomic E-state index is -0.799. The molecule has 3 atom stereocenters. The van der Waals surface area contributed by atoms with Crippen LogP contribution in [0.25, 0.3) is 0 Å². The molecule has 1 heterocycles. The van der Waals surface area contributed by atoms with Crippen molar-refractivity contribution in [2.24, 2.45) is 17.8 Å². The van der Waals surface area contributed by atoms with Crippen molar-refractivity contribution in [2.75, 3.05) is 59.4 Å². The van der Waals surface area contributed by atoms with Gasteiger partial charge >= 0.3 is 0 Å². The summed E-state index contributed by atoms with van der Waals surface area (Å²) in [6.07, 6.45) is 0.500. The van der Waals surface area contributed by atoms with Crippen LogP contribution in [0.15, 0.2) is 0 Å². The van der Waals surface area contributed by atoms with Crippen molar-refractivity contribution in [1.82, 2.24) is 10.2 Å². The van der Waals surface area contributed by atoms with Crippen molar-refractivity contribution in [3.05, 3.63) is 0 Å². The summed E-state index contributed by atoms with van der Waals surface area (Å²) in [7, 11) is 0. The molecule has 0 aromatic carbocycles. The van der Waals surface area contributed by atoms with E-state index in [1.165, 1.54) is 11.8 Å². The van der Waals surface area contributed by atoms with Crippen LogP contribution >= 0.6 is 0 Å². The molecule has 0 bridgehead atoms. The number of likely N-dealkylation sites (tertiary alicyclic amines) is 1. The van der Waals surface area contributed by atoms with Crippen LogP contribution in [0.1, 0.15) is 67.6 Å². The summed E-state index contributed by atoms with van der Waals surface area (Å²) < 4.78 is 28.8. The highest BCUT2D eigenvalue weighted by atomic mass is 16.6. The molecular formula is C29H48N2O10. The fourth-order valence-corrected chi connectivity index (χ4v) is 4.08. The molecule has 1 fully saturated rings. The van der Waals surface area contributed by atoms with Gasteiger partial charge < -0.3 is 29.1 Å². The van der Waals surface area contributed by atoms with Crippen molar-refractivity contribution < 1.29 is 49.1 Å². The monoisotopic (exact) mass is 585 g/mol. The second-order valence-corrected chi connectivity index (χ2v) is 10.6. The van der Waals surface area contributed by atoms with E-state index < -0.39 is 18.2 Å². The second-order valence-electron chi connectivity index (χ2n) is 10.6. The molecule has 1 unspecified atom stereocenters. The maximum Gasteiger partial charge on any atom is 0.232 e. The average molecular weight is 586 g/mol. The van der Waals surface area contributed by atoms with Crippen LogP contribution in [0.5, 0.6) is 0 Å². The first-order valence-electron chi connectivity index (χ1n) is 14.9. The highest BCUT2D eigenvalue weighted by molar-refractivity contribution is 6.03. The Kier molecular flexibility index (Phi) is 17.9. The third-order valence-electron chi connectivity index (χ3n) is 6.46. The largest absolute Gasteiger partial charge is 0.379 e. The lowest BCUT2D eigenvalue weighted by Gasteiger charge is -2.22. The van der Waals surface area contributed by atoms with Crippen LogP contribution in [0.4, 0.5) is 0 Å². The number of ether oxygens (including phenoxy) is 4. The second kappa shape index (κ2) is 21.2. The fraction of sp³-hybridized carbons (Fsp3) is 0.793. The standard InChI is InChI=1S/C29H48N2O10/c1-21(2)28(25(34)18-22(3)20-32)30-26(35)8-11-39-13-15-41-17-16-40-14-12-38-10-5-6-24(33)7-9-31-27(36)19-23(4)29(31)37/h20-23,28H,5-19H2,1-4H3,(H,30,35)/t22-,23?,28+/m1/s1/i20D. The minimum absolute atomic E-state index is 0.00261. The van der Waals surface area contributed by atoms with E-state index in [9.17, 15) is 28.8 Å². The molecule has 0 aromatic heterocycles. The molecule has 1 aliphatic heterocycles. The highest BCUT2D eigenvalue weighted by Gasteiger charge is 2.35. The minimum Gasteiger partial charge on any atom is -0.379 e. The molecule has 1 N–H and O–H groups in total. The van der Waals surface area contributed by atoms with Crippen molar-refractivity contribution in [3.8, 4) is 0 Å². The molecule has 41 heavy (non-hydrogen) atoms. The number of nitrogens with one attached hydrogen (secondary N) is 1. The molecule has 12 nitrogen and oxygen atoms in total. The Morgan fingerprint density at radius 2 is 1.49 bits per heavy atom. The topological polar surface area (TPSA) is 155 Å². The van der Waals surface area contributed by atoms with Crippen LogP contribution < -0.4 is 5.32 Å². The first-order valence-corrected chi connectivity index (χ1v) is 14.4. The van der Waals surface area contributed by atoms with E-state index in [2.05, 4.69) is 5.32 Å². The molecule has 12 heteroatoms. The third kappa shape index (κ3) is 15.9. The fourth-order valence-electron chi connectivity index (χ4n) is 4.08. The SMILES string of the molecule is [2H]C(=O)[C@H](C)CC(=O)[C@@H](NC(=O)CCOCCOCCOCCOCCCC(=O)CCN1C(=O)CC(C)C1=O)C(C)C. The number of carbonyl (C=O) groups excluding carboxylic acids is 6. The van der Waals surface area contributed by atoms with E-state index in [4.69, 9.17) is 20.3 Å². The molecule has 1 saturated heterocycles. The predicted octanol–water partition coefficient (Wildman–Crippen LogP) is 1.51. The Balaban J connectivity index is 1.94. The van der Waals surface area contributed by atoms with Gasteiger partial charge in [0.2, 0.25) is 17.7 Å². The van der Waals surface area contributed by atoms with E-state index in [-0.39, 0.29) is 80.0 Å². The Labute approximate surface area is 244 Å². The number of imide groups is 1. The predicted molar refractivity (Wildman–Crippen MR) is 149 cm³/mol. The molecule has 234 valence electrons. The zero-order chi connectivity index (χ0) is 31.5. The smallest absolute Gasteiger partial charge is 0.232 e. The maximum atomic E-state index is 12.4. The zero-order valence-electron chi connectivity index (χ0n) is 25.9. The van der Waals surface area contributed by atoms with Crippen molar-refractivity contribution in [2.45, 2.75) is 72.3 Å². The van der Waals surface area contributed by atoms with Gasteiger partial charge in [-0.05, 0) is 12.3 Å². The van der Waals surface area contributed by atoms with Crippen molar-refractivity contribution >= 4 is 35.6 Å². The summed E-state index contributed by atoms with van der Waals surface area (Å²) >= 11 is 0. The number of nitrogens with zero attached hydrogens (tertiary/aromatic N) is 1. The van der Waals surface area contributed by atoms with Gasteiger partial charge in [0, 0.05) is 57.1 Å². The lowest BCUT2D eigenvalue weighted by Crippen LogP contribution is -2.45. The van der Waals surface area contributed by atoms with Gasteiger partial charge in [-0.15, -0.1) is 0 Å². The molecule has 0 spiro atoms. The van der Waals surface area contributed by atoms with E-state index in [0.29, 0.717) is 59.1 Å². The number of rotatable bonds is 25. The summed E-state index contributed by atoms with van der Waals surface area (Å²) in [6.45, 7) is 9.76. The van der Waals surface area contributed by atoms with Crippen LogP contribution in [0.2, 0.25) is 0 Å². The summed E-state index contributed by atoms with van der Waals surface area (Å²) in [6, 6.07) is -0.709.